The molecule has 30 heavy (non-hydrogen) atoms. The monoisotopic (exact) mass is 411 g/mol. The number of likely N-dealkylation sites (tertiary alicyclic amines) is 1. The topological polar surface area (TPSA) is 96.3 Å². The van der Waals surface area contributed by atoms with E-state index in [2.05, 4.69) is 0 Å². The molecule has 2 aromatic rings. The van der Waals surface area contributed by atoms with Gasteiger partial charge >= 0.3 is 0 Å². The van der Waals surface area contributed by atoms with Crippen LogP contribution in [0, 0.1) is 0 Å². The third kappa shape index (κ3) is 4.31. The predicted molar refractivity (Wildman–Crippen MR) is 111 cm³/mol. The molecule has 7 heteroatoms. The van der Waals surface area contributed by atoms with Gasteiger partial charge in [0.05, 0.1) is 24.8 Å². The number of nitrogens with zero attached hydrogens (tertiary/aromatic N) is 1. The lowest BCUT2D eigenvalue weighted by Crippen LogP contribution is -2.32. The van der Waals surface area contributed by atoms with Gasteiger partial charge in [0.2, 0.25) is 0 Å². The molecule has 0 spiro atoms. The van der Waals surface area contributed by atoms with E-state index in [1.165, 1.54) is 24.1 Å². The maximum Gasteiger partial charge on any atom is 0.295 e. The number of ether oxygens (including phenoxy) is 2. The van der Waals surface area contributed by atoms with Crippen molar-refractivity contribution in [3.8, 4) is 11.5 Å². The van der Waals surface area contributed by atoms with Crippen molar-refractivity contribution >= 4 is 17.4 Å². The highest BCUT2D eigenvalue weighted by molar-refractivity contribution is 6.46. The molecule has 158 valence electrons. The van der Waals surface area contributed by atoms with Gasteiger partial charge in [-0.1, -0.05) is 31.2 Å². The van der Waals surface area contributed by atoms with Gasteiger partial charge in [-0.2, -0.15) is 0 Å². The first-order valence-electron chi connectivity index (χ1n) is 9.77. The number of benzene rings is 2. The number of aliphatic hydroxyl groups excluding tert-OH is 1. The molecule has 0 radical (unpaired) electrons. The fourth-order valence-electron chi connectivity index (χ4n) is 3.41. The van der Waals surface area contributed by atoms with Crippen molar-refractivity contribution in [3.05, 3.63) is 65.2 Å². The van der Waals surface area contributed by atoms with Crippen LogP contribution in [-0.2, 0) is 14.3 Å². The number of carbonyl (C=O) groups is 2. The summed E-state index contributed by atoms with van der Waals surface area (Å²) < 4.78 is 10.7. The van der Waals surface area contributed by atoms with Crippen LogP contribution in [0.15, 0.2) is 54.1 Å². The quantitative estimate of drug-likeness (QED) is 0.393. The molecule has 7 nitrogen and oxygen atoms in total. The van der Waals surface area contributed by atoms with Crippen LogP contribution in [-0.4, -0.2) is 53.7 Å². The summed E-state index contributed by atoms with van der Waals surface area (Å²) in [5, 5.41) is 20.7. The average Bonchev–Trinajstić information content (AvgIpc) is 3.01. The van der Waals surface area contributed by atoms with E-state index in [0.717, 1.165) is 6.42 Å². The Kier molecular flexibility index (Phi) is 6.74. The highest BCUT2D eigenvalue weighted by atomic mass is 16.5. The summed E-state index contributed by atoms with van der Waals surface area (Å²) >= 11 is 0. The molecule has 1 fully saturated rings. The van der Waals surface area contributed by atoms with Crippen LogP contribution in [0.3, 0.4) is 0 Å². The third-order valence-electron chi connectivity index (χ3n) is 4.87. The van der Waals surface area contributed by atoms with Crippen molar-refractivity contribution < 1.29 is 29.3 Å². The number of phenols is 1. The third-order valence-corrected chi connectivity index (χ3v) is 4.87. The normalized spacial score (nSPS) is 18.1. The van der Waals surface area contributed by atoms with E-state index < -0.39 is 17.7 Å². The van der Waals surface area contributed by atoms with Gasteiger partial charge in [-0.25, -0.2) is 0 Å². The molecule has 3 rings (SSSR count). The van der Waals surface area contributed by atoms with E-state index in [0.29, 0.717) is 23.5 Å². The Morgan fingerprint density at radius 3 is 2.50 bits per heavy atom. The highest BCUT2D eigenvalue weighted by Gasteiger charge is 2.45. The minimum Gasteiger partial charge on any atom is -0.508 e. The van der Waals surface area contributed by atoms with E-state index >= 15 is 0 Å². The minimum atomic E-state index is -0.791. The van der Waals surface area contributed by atoms with Gasteiger partial charge in [0.15, 0.2) is 0 Å². The molecule has 1 aliphatic rings. The van der Waals surface area contributed by atoms with Crippen molar-refractivity contribution in [2.75, 3.05) is 26.9 Å². The van der Waals surface area contributed by atoms with Crippen molar-refractivity contribution in [1.82, 2.24) is 4.90 Å². The number of aromatic hydroxyl groups is 1. The first kappa shape index (κ1) is 21.4. The summed E-state index contributed by atoms with van der Waals surface area (Å²) in [7, 11) is 1.51. The van der Waals surface area contributed by atoms with E-state index in [4.69, 9.17) is 9.47 Å². The number of hydrogen-bond acceptors (Lipinski definition) is 6. The fraction of sp³-hybridized carbons (Fsp3) is 0.304. The zero-order valence-corrected chi connectivity index (χ0v) is 17.0. The minimum absolute atomic E-state index is 0.00515. The molecular weight excluding hydrogens is 386 g/mol. The van der Waals surface area contributed by atoms with Gasteiger partial charge < -0.3 is 24.6 Å². The van der Waals surface area contributed by atoms with Crippen molar-refractivity contribution in [1.29, 1.82) is 0 Å². The number of Topliss-reactive ketones (excluding diaryl/α,β-unsaturated/α-hetero) is 1. The lowest BCUT2D eigenvalue weighted by Gasteiger charge is -2.25. The predicted octanol–water partition coefficient (Wildman–Crippen LogP) is 3.25. The summed E-state index contributed by atoms with van der Waals surface area (Å²) in [5.41, 5.74) is 0.981. The van der Waals surface area contributed by atoms with Crippen molar-refractivity contribution in [2.24, 2.45) is 0 Å². The molecule has 1 aliphatic heterocycles. The number of aliphatic hydroxyl groups is 1. The second-order valence-corrected chi connectivity index (χ2v) is 6.95. The number of amides is 1. The molecule has 0 aromatic heterocycles. The highest BCUT2D eigenvalue weighted by Crippen LogP contribution is 2.39. The van der Waals surface area contributed by atoms with Crippen LogP contribution in [0.4, 0.5) is 0 Å². The summed E-state index contributed by atoms with van der Waals surface area (Å²) in [6, 6.07) is 12.2. The number of ketones is 1. The summed E-state index contributed by atoms with van der Waals surface area (Å²) in [6.45, 7) is 2.94. The van der Waals surface area contributed by atoms with E-state index in [9.17, 15) is 19.8 Å². The second kappa shape index (κ2) is 9.45. The van der Waals surface area contributed by atoms with E-state index in [1.54, 1.807) is 36.4 Å². The van der Waals surface area contributed by atoms with Crippen LogP contribution < -0.4 is 4.74 Å². The van der Waals surface area contributed by atoms with Gasteiger partial charge in [-0.3, -0.25) is 9.59 Å². The Labute approximate surface area is 175 Å². The Morgan fingerprint density at radius 2 is 1.83 bits per heavy atom. The molecule has 0 saturated carbocycles. The standard InChI is InChI=1S/C23H25NO6/c1-3-12-30-18-6-4-5-16(14-18)21(26)19-20(15-7-9-17(25)10-8-15)24(11-13-29-2)23(28)22(19)27/h4-10,14,20,25-26H,3,11-13H2,1-2H3. The Balaban J connectivity index is 2.10. The van der Waals surface area contributed by atoms with Crippen LogP contribution in [0.5, 0.6) is 11.5 Å². The molecule has 1 atom stereocenters. The fourth-order valence-corrected chi connectivity index (χ4v) is 3.41. The maximum absolute atomic E-state index is 12.9. The van der Waals surface area contributed by atoms with E-state index in [-0.39, 0.29) is 30.2 Å². The number of carbonyl (C=O) groups excluding carboxylic acids is 2. The molecule has 0 aliphatic carbocycles. The van der Waals surface area contributed by atoms with Gasteiger partial charge in [0.1, 0.15) is 17.3 Å². The summed E-state index contributed by atoms with van der Waals surface area (Å²) in [5.74, 6) is -1.11. The zero-order valence-electron chi connectivity index (χ0n) is 17.0. The summed E-state index contributed by atoms with van der Waals surface area (Å²) in [6.07, 6.45) is 0.835. The van der Waals surface area contributed by atoms with Crippen LogP contribution in [0.1, 0.15) is 30.5 Å². The molecule has 0 bridgehead atoms. The number of hydrogen-bond donors (Lipinski definition) is 2. The van der Waals surface area contributed by atoms with Crippen molar-refractivity contribution in [2.45, 2.75) is 19.4 Å². The van der Waals surface area contributed by atoms with Gasteiger partial charge in [-0.15, -0.1) is 0 Å². The molecule has 1 unspecified atom stereocenters. The Hall–Kier alpha value is -3.32. The van der Waals surface area contributed by atoms with Crippen LogP contribution in [0.25, 0.3) is 5.76 Å². The molecule has 1 heterocycles. The van der Waals surface area contributed by atoms with Crippen molar-refractivity contribution in [3.63, 3.8) is 0 Å². The molecule has 2 N–H and O–H groups in total. The van der Waals surface area contributed by atoms with Gasteiger partial charge in [0.25, 0.3) is 11.7 Å². The number of rotatable bonds is 8. The molecule has 1 saturated heterocycles. The largest absolute Gasteiger partial charge is 0.508 e. The zero-order chi connectivity index (χ0) is 21.7. The van der Waals surface area contributed by atoms with Gasteiger partial charge in [-0.05, 0) is 36.2 Å². The average molecular weight is 411 g/mol. The molecule has 1 amide bonds. The Bertz CT molecular complexity index is 950. The van der Waals surface area contributed by atoms with Gasteiger partial charge in [0, 0.05) is 19.2 Å². The van der Waals surface area contributed by atoms with E-state index in [1.807, 2.05) is 6.92 Å². The lowest BCUT2D eigenvalue weighted by molar-refractivity contribution is -0.140. The lowest BCUT2D eigenvalue weighted by atomic mass is 9.95. The summed E-state index contributed by atoms with van der Waals surface area (Å²) in [4.78, 5) is 27.0. The Morgan fingerprint density at radius 1 is 1.10 bits per heavy atom. The first-order valence-corrected chi connectivity index (χ1v) is 9.77. The smallest absolute Gasteiger partial charge is 0.295 e. The van der Waals surface area contributed by atoms with Crippen LogP contribution >= 0.6 is 0 Å². The molecule has 2 aromatic carbocycles. The molecular formula is C23H25NO6. The number of methoxy groups -OCH3 is 1. The maximum atomic E-state index is 12.9. The first-order chi connectivity index (χ1) is 14.5. The van der Waals surface area contributed by atoms with Crippen LogP contribution in [0.2, 0.25) is 0 Å². The number of phenolic OH excluding ortho intramolecular Hbond substituents is 1. The SMILES string of the molecule is CCCOc1cccc(C(O)=C2C(=O)C(=O)N(CCOC)C2c2ccc(O)cc2)c1. The second-order valence-electron chi connectivity index (χ2n) is 6.95.